The lowest BCUT2D eigenvalue weighted by Gasteiger charge is -2.01. The van der Waals surface area contributed by atoms with Gasteiger partial charge in [-0.05, 0) is 5.56 Å². The molecule has 1 aliphatic heterocycles. The van der Waals surface area contributed by atoms with E-state index in [1.807, 2.05) is 0 Å². The Morgan fingerprint density at radius 3 is 3.00 bits per heavy atom. The molecule has 14 heavy (non-hydrogen) atoms. The van der Waals surface area contributed by atoms with Gasteiger partial charge in [-0.25, -0.2) is 0 Å². The summed E-state index contributed by atoms with van der Waals surface area (Å²) < 4.78 is 0. The van der Waals surface area contributed by atoms with Crippen molar-refractivity contribution in [2.75, 3.05) is 0 Å². The highest BCUT2D eigenvalue weighted by atomic mass is 16.6. The Morgan fingerprint density at radius 2 is 2.36 bits per heavy atom. The van der Waals surface area contributed by atoms with Gasteiger partial charge >= 0.3 is 0 Å². The predicted octanol–water partition coefficient (Wildman–Crippen LogP) is 0.938. The van der Waals surface area contributed by atoms with Crippen LogP contribution in [0.25, 0.3) is 0 Å². The minimum absolute atomic E-state index is 0.0827. The third kappa shape index (κ3) is 1.18. The lowest BCUT2D eigenvalue weighted by molar-refractivity contribution is -0.385. The predicted molar refractivity (Wildman–Crippen MR) is 48.7 cm³/mol. The van der Waals surface area contributed by atoms with Gasteiger partial charge < -0.3 is 4.79 Å². The van der Waals surface area contributed by atoms with E-state index >= 15 is 0 Å². The smallest absolute Gasteiger partial charge is 0.274 e. The third-order valence-electron chi connectivity index (χ3n) is 2.35. The molecule has 1 atom stereocenters. The van der Waals surface area contributed by atoms with Crippen LogP contribution >= 0.6 is 0 Å². The summed E-state index contributed by atoms with van der Waals surface area (Å²) >= 11 is 0. The molecule has 5 nitrogen and oxygen atoms in total. The van der Waals surface area contributed by atoms with E-state index in [4.69, 9.17) is 0 Å². The van der Waals surface area contributed by atoms with E-state index in [2.05, 4.69) is 5.32 Å². The van der Waals surface area contributed by atoms with E-state index in [1.54, 1.807) is 12.1 Å². The van der Waals surface area contributed by atoms with Gasteiger partial charge in [-0.3, -0.25) is 15.4 Å². The van der Waals surface area contributed by atoms with Crippen molar-refractivity contribution in [3.63, 3.8) is 0 Å². The Kier molecular flexibility index (Phi) is 2.01. The summed E-state index contributed by atoms with van der Waals surface area (Å²) in [6, 6.07) is 4.39. The monoisotopic (exact) mass is 192 g/mol. The highest BCUT2D eigenvalue weighted by Crippen LogP contribution is 2.30. The lowest BCUT2D eigenvalue weighted by Crippen LogP contribution is -2.12. The van der Waals surface area contributed by atoms with Crippen LogP contribution in [-0.2, 0) is 11.3 Å². The molecular formula is C9H8N2O3. The Labute approximate surface area is 79.9 Å². The summed E-state index contributed by atoms with van der Waals surface area (Å²) in [5.74, 6) is 0. The van der Waals surface area contributed by atoms with Crippen LogP contribution in [0.2, 0.25) is 0 Å². The number of benzene rings is 1. The van der Waals surface area contributed by atoms with Gasteiger partial charge in [0.2, 0.25) is 0 Å². The molecule has 1 N–H and O–H groups in total. The molecule has 1 heterocycles. The first-order valence-corrected chi connectivity index (χ1v) is 4.19. The molecule has 0 fully saturated rings. The Hall–Kier alpha value is -1.75. The fourth-order valence-corrected chi connectivity index (χ4v) is 1.69. The van der Waals surface area contributed by atoms with Gasteiger partial charge in [0, 0.05) is 18.2 Å². The Balaban J connectivity index is 2.55. The zero-order chi connectivity index (χ0) is 10.1. The highest BCUT2D eigenvalue weighted by molar-refractivity contribution is 5.66. The molecule has 72 valence electrons. The molecule has 1 aromatic rings. The van der Waals surface area contributed by atoms with Gasteiger partial charge in [-0.15, -0.1) is 0 Å². The first kappa shape index (κ1) is 8.83. The number of carbonyl (C=O) groups excluding carboxylic acids is 1. The number of hydrogen-bond acceptors (Lipinski definition) is 4. The van der Waals surface area contributed by atoms with Crippen molar-refractivity contribution in [3.8, 4) is 0 Å². The number of fused-ring (bicyclic) bond motifs is 1. The van der Waals surface area contributed by atoms with Crippen molar-refractivity contribution in [2.24, 2.45) is 0 Å². The van der Waals surface area contributed by atoms with E-state index < -0.39 is 11.0 Å². The number of nitro groups is 1. The number of aldehydes is 1. The third-order valence-corrected chi connectivity index (χ3v) is 2.35. The van der Waals surface area contributed by atoms with Crippen LogP contribution in [-0.4, -0.2) is 11.2 Å². The molecule has 0 bridgehead atoms. The summed E-state index contributed by atoms with van der Waals surface area (Å²) in [5.41, 5.74) is 1.42. The van der Waals surface area contributed by atoms with Crippen LogP contribution in [0.15, 0.2) is 18.2 Å². The van der Waals surface area contributed by atoms with Crippen LogP contribution in [0.4, 0.5) is 5.69 Å². The standard InChI is InChI=1S/C9H8N2O3/c12-5-8-6-2-1-3-9(11(13)14)7(6)4-10-8/h1-3,5,8,10H,4H2. The average molecular weight is 192 g/mol. The quantitative estimate of drug-likeness (QED) is 0.430. The van der Waals surface area contributed by atoms with Crippen LogP contribution in [0.3, 0.4) is 0 Å². The molecule has 0 aromatic heterocycles. The SMILES string of the molecule is O=CC1NCc2c1cccc2[N+](=O)[O-]. The van der Waals surface area contributed by atoms with Crippen molar-refractivity contribution in [2.45, 2.75) is 12.6 Å². The number of nitro benzene ring substituents is 1. The van der Waals surface area contributed by atoms with Crippen molar-refractivity contribution >= 4 is 12.0 Å². The molecule has 0 saturated heterocycles. The average Bonchev–Trinajstić information content (AvgIpc) is 2.59. The molecule has 0 saturated carbocycles. The second-order valence-corrected chi connectivity index (χ2v) is 3.10. The van der Waals surface area contributed by atoms with Gasteiger partial charge in [-0.2, -0.15) is 0 Å². The number of nitrogens with zero attached hydrogens (tertiary/aromatic N) is 1. The first-order valence-electron chi connectivity index (χ1n) is 4.19. The van der Waals surface area contributed by atoms with Gasteiger partial charge in [0.05, 0.1) is 11.0 Å². The number of nitrogens with one attached hydrogen (secondary N) is 1. The fourth-order valence-electron chi connectivity index (χ4n) is 1.69. The molecule has 2 rings (SSSR count). The van der Waals surface area contributed by atoms with Crippen molar-refractivity contribution in [3.05, 3.63) is 39.4 Å². The molecule has 0 amide bonds. The molecule has 0 radical (unpaired) electrons. The molecule has 0 aliphatic carbocycles. The van der Waals surface area contributed by atoms with Crippen LogP contribution in [0.5, 0.6) is 0 Å². The van der Waals surface area contributed by atoms with Crippen LogP contribution < -0.4 is 5.32 Å². The first-order chi connectivity index (χ1) is 6.74. The molecule has 1 unspecified atom stereocenters. The lowest BCUT2D eigenvalue weighted by atomic mass is 10.0. The van der Waals surface area contributed by atoms with E-state index in [-0.39, 0.29) is 5.69 Å². The molecular weight excluding hydrogens is 184 g/mol. The maximum Gasteiger partial charge on any atom is 0.274 e. The Bertz CT molecular complexity index is 403. The maximum atomic E-state index is 10.6. The zero-order valence-corrected chi connectivity index (χ0v) is 7.27. The minimum Gasteiger partial charge on any atom is -0.301 e. The van der Waals surface area contributed by atoms with E-state index in [0.29, 0.717) is 17.7 Å². The van der Waals surface area contributed by atoms with Gasteiger partial charge in [-0.1, -0.05) is 12.1 Å². The van der Waals surface area contributed by atoms with Gasteiger partial charge in [0.15, 0.2) is 0 Å². The zero-order valence-electron chi connectivity index (χ0n) is 7.27. The van der Waals surface area contributed by atoms with Crippen molar-refractivity contribution < 1.29 is 9.72 Å². The van der Waals surface area contributed by atoms with Gasteiger partial charge in [0.1, 0.15) is 6.29 Å². The summed E-state index contributed by atoms with van der Waals surface area (Å²) in [6.07, 6.45) is 0.759. The minimum atomic E-state index is -0.423. The number of carbonyl (C=O) groups is 1. The van der Waals surface area contributed by atoms with E-state index in [1.165, 1.54) is 6.07 Å². The maximum absolute atomic E-state index is 10.6. The van der Waals surface area contributed by atoms with Crippen molar-refractivity contribution in [1.82, 2.24) is 5.32 Å². The van der Waals surface area contributed by atoms with E-state index in [9.17, 15) is 14.9 Å². The molecule has 5 heteroatoms. The summed E-state index contributed by atoms with van der Waals surface area (Å²) in [5, 5.41) is 13.5. The summed E-state index contributed by atoms with van der Waals surface area (Å²) in [4.78, 5) is 20.8. The van der Waals surface area contributed by atoms with Crippen LogP contribution in [0, 0.1) is 10.1 Å². The topological polar surface area (TPSA) is 72.2 Å². The molecule has 1 aromatic carbocycles. The largest absolute Gasteiger partial charge is 0.301 e. The summed E-state index contributed by atoms with van der Waals surface area (Å²) in [7, 11) is 0. The number of rotatable bonds is 2. The van der Waals surface area contributed by atoms with E-state index in [0.717, 1.165) is 6.29 Å². The second kappa shape index (κ2) is 3.19. The molecule has 1 aliphatic rings. The molecule has 0 spiro atoms. The van der Waals surface area contributed by atoms with Crippen molar-refractivity contribution in [1.29, 1.82) is 0 Å². The van der Waals surface area contributed by atoms with Gasteiger partial charge in [0.25, 0.3) is 5.69 Å². The Morgan fingerprint density at radius 1 is 1.57 bits per heavy atom. The number of hydrogen-bond donors (Lipinski definition) is 1. The fraction of sp³-hybridized carbons (Fsp3) is 0.222. The summed E-state index contributed by atoms with van der Waals surface area (Å²) in [6.45, 7) is 0.385. The second-order valence-electron chi connectivity index (χ2n) is 3.10. The van der Waals surface area contributed by atoms with Crippen LogP contribution in [0.1, 0.15) is 17.2 Å². The normalized spacial score (nSPS) is 19.0. The highest BCUT2D eigenvalue weighted by Gasteiger charge is 2.27.